The van der Waals surface area contributed by atoms with Crippen LogP contribution in [-0.2, 0) is 4.79 Å². The summed E-state index contributed by atoms with van der Waals surface area (Å²) in [6.45, 7) is 4.01. The molecule has 156 valence electrons. The Balaban J connectivity index is 1.63. The topological polar surface area (TPSA) is 77.5 Å². The Kier molecular flexibility index (Phi) is 6.84. The zero-order valence-electron chi connectivity index (χ0n) is 17.4. The van der Waals surface area contributed by atoms with Crippen LogP contribution in [0.25, 0.3) is 11.3 Å². The maximum atomic E-state index is 12.6. The number of thiazole rings is 1. The predicted molar refractivity (Wildman–Crippen MR) is 119 cm³/mol. The van der Waals surface area contributed by atoms with Crippen molar-refractivity contribution in [3.8, 4) is 22.8 Å². The molecule has 1 N–H and O–H groups in total. The minimum Gasteiger partial charge on any atom is -0.497 e. The molecule has 6 nitrogen and oxygen atoms in total. The van der Waals surface area contributed by atoms with E-state index < -0.39 is 0 Å². The van der Waals surface area contributed by atoms with Gasteiger partial charge in [0.25, 0.3) is 0 Å². The van der Waals surface area contributed by atoms with Crippen LogP contribution in [0.4, 0.5) is 5.13 Å². The number of nitrogens with zero attached hydrogens (tertiary/aromatic N) is 1. The van der Waals surface area contributed by atoms with E-state index in [2.05, 4.69) is 10.3 Å². The minimum atomic E-state index is -0.255. The van der Waals surface area contributed by atoms with E-state index in [4.69, 9.17) is 9.47 Å². The van der Waals surface area contributed by atoms with E-state index in [0.717, 1.165) is 16.1 Å². The van der Waals surface area contributed by atoms with Crippen LogP contribution in [0.2, 0.25) is 0 Å². The summed E-state index contributed by atoms with van der Waals surface area (Å²) in [6, 6.07) is 13.1. The number of aromatic nitrogens is 1. The first-order valence-electron chi connectivity index (χ1n) is 9.50. The van der Waals surface area contributed by atoms with Gasteiger partial charge in [0.15, 0.2) is 10.9 Å². The average molecular weight is 425 g/mol. The zero-order chi connectivity index (χ0) is 21.7. The van der Waals surface area contributed by atoms with Crippen LogP contribution in [0.5, 0.6) is 11.5 Å². The third-order valence-corrected chi connectivity index (χ3v) is 5.54. The molecule has 7 heteroatoms. The van der Waals surface area contributed by atoms with E-state index >= 15 is 0 Å². The van der Waals surface area contributed by atoms with Gasteiger partial charge in [-0.15, -0.1) is 11.3 Å². The number of carbonyl (C=O) groups excluding carboxylic acids is 2. The van der Waals surface area contributed by atoms with Crippen LogP contribution in [-0.4, -0.2) is 30.9 Å². The Morgan fingerprint density at radius 1 is 1.00 bits per heavy atom. The Labute approximate surface area is 179 Å². The van der Waals surface area contributed by atoms with Crippen molar-refractivity contribution < 1.29 is 19.1 Å². The molecule has 0 fully saturated rings. The van der Waals surface area contributed by atoms with Gasteiger partial charge in [-0.2, -0.15) is 0 Å². The van der Waals surface area contributed by atoms with E-state index in [9.17, 15) is 9.59 Å². The molecule has 0 unspecified atom stereocenters. The molecule has 1 aromatic heterocycles. The van der Waals surface area contributed by atoms with Gasteiger partial charge in [0.1, 0.15) is 11.5 Å². The molecule has 1 heterocycles. The van der Waals surface area contributed by atoms with Gasteiger partial charge in [-0.3, -0.25) is 9.59 Å². The first-order chi connectivity index (χ1) is 14.4. The molecule has 0 atom stereocenters. The molecule has 0 aliphatic heterocycles. The number of nitrogens with one attached hydrogen (secondary N) is 1. The van der Waals surface area contributed by atoms with Crippen LogP contribution < -0.4 is 14.8 Å². The molecule has 3 rings (SSSR count). The highest BCUT2D eigenvalue weighted by Gasteiger charge is 2.17. The third kappa shape index (κ3) is 5.04. The van der Waals surface area contributed by atoms with Crippen molar-refractivity contribution in [2.24, 2.45) is 0 Å². The van der Waals surface area contributed by atoms with E-state index in [1.54, 1.807) is 18.2 Å². The number of anilines is 1. The highest BCUT2D eigenvalue weighted by molar-refractivity contribution is 7.16. The number of hydrogen-bond acceptors (Lipinski definition) is 6. The number of amides is 1. The first-order valence-corrected chi connectivity index (χ1v) is 10.3. The third-order valence-electron chi connectivity index (χ3n) is 4.65. The molecule has 0 saturated heterocycles. The van der Waals surface area contributed by atoms with Crippen molar-refractivity contribution in [1.29, 1.82) is 0 Å². The second kappa shape index (κ2) is 9.54. The Hall–Kier alpha value is -3.19. The summed E-state index contributed by atoms with van der Waals surface area (Å²) in [5.41, 5.74) is 3.44. The van der Waals surface area contributed by atoms with Gasteiger partial charge in [-0.05, 0) is 32.0 Å². The summed E-state index contributed by atoms with van der Waals surface area (Å²) < 4.78 is 10.4. The second-order valence-corrected chi connectivity index (χ2v) is 8.03. The van der Waals surface area contributed by atoms with Crippen LogP contribution >= 0.6 is 11.3 Å². The predicted octanol–water partition coefficient (Wildman–Crippen LogP) is 5.05. The molecule has 0 spiro atoms. The van der Waals surface area contributed by atoms with Crippen molar-refractivity contribution in [1.82, 2.24) is 4.98 Å². The summed E-state index contributed by atoms with van der Waals surface area (Å²) in [4.78, 5) is 30.5. The summed E-state index contributed by atoms with van der Waals surface area (Å²) in [6.07, 6.45) is 0.113. The number of methoxy groups -OCH3 is 2. The maximum Gasteiger partial charge on any atom is 0.226 e. The van der Waals surface area contributed by atoms with Crippen molar-refractivity contribution >= 4 is 28.2 Å². The first kappa shape index (κ1) is 21.5. The Morgan fingerprint density at radius 3 is 2.40 bits per heavy atom. The highest BCUT2D eigenvalue weighted by Crippen LogP contribution is 2.31. The van der Waals surface area contributed by atoms with Crippen molar-refractivity contribution in [2.45, 2.75) is 26.7 Å². The molecule has 30 heavy (non-hydrogen) atoms. The van der Waals surface area contributed by atoms with E-state index in [-0.39, 0.29) is 24.5 Å². The Bertz CT molecular complexity index is 1060. The maximum absolute atomic E-state index is 12.6. The largest absolute Gasteiger partial charge is 0.497 e. The molecule has 0 radical (unpaired) electrons. The van der Waals surface area contributed by atoms with Gasteiger partial charge in [0, 0.05) is 23.3 Å². The molecular formula is C23H24N2O4S. The standard InChI is InChI=1S/C23H24N2O4S/c1-14-5-7-16(8-6-14)22-15(2)30-23(25-22)24-21(27)12-10-19(26)18-13-17(28-3)9-11-20(18)29-4/h5-9,11,13H,10,12H2,1-4H3,(H,24,25,27). The lowest BCUT2D eigenvalue weighted by Gasteiger charge is -2.09. The normalized spacial score (nSPS) is 10.5. The Morgan fingerprint density at radius 2 is 1.73 bits per heavy atom. The molecule has 2 aromatic carbocycles. The van der Waals surface area contributed by atoms with E-state index in [1.807, 2.05) is 38.1 Å². The number of hydrogen-bond donors (Lipinski definition) is 1. The number of rotatable bonds is 8. The smallest absolute Gasteiger partial charge is 0.226 e. The average Bonchev–Trinajstić information content (AvgIpc) is 3.11. The highest BCUT2D eigenvalue weighted by atomic mass is 32.1. The molecule has 0 bridgehead atoms. The van der Waals surface area contributed by atoms with Gasteiger partial charge >= 0.3 is 0 Å². The number of carbonyl (C=O) groups is 2. The molecule has 0 aliphatic carbocycles. The summed E-state index contributed by atoms with van der Waals surface area (Å²) >= 11 is 1.42. The molecule has 1 amide bonds. The lowest BCUT2D eigenvalue weighted by Crippen LogP contribution is -2.13. The molecule has 0 aliphatic rings. The van der Waals surface area contributed by atoms with Gasteiger partial charge in [0.2, 0.25) is 5.91 Å². The number of Topliss-reactive ketones (excluding diaryl/α,β-unsaturated/α-hetero) is 1. The minimum absolute atomic E-state index is 0.0533. The molecule has 3 aromatic rings. The van der Waals surface area contributed by atoms with Crippen LogP contribution in [0.3, 0.4) is 0 Å². The van der Waals surface area contributed by atoms with Crippen molar-refractivity contribution in [2.75, 3.05) is 19.5 Å². The number of ketones is 1. The summed E-state index contributed by atoms with van der Waals surface area (Å²) in [5, 5.41) is 3.33. The van der Waals surface area contributed by atoms with Gasteiger partial charge in [0.05, 0.1) is 25.5 Å². The van der Waals surface area contributed by atoms with Crippen LogP contribution in [0, 0.1) is 13.8 Å². The number of ether oxygens (including phenoxy) is 2. The van der Waals surface area contributed by atoms with Crippen LogP contribution in [0.15, 0.2) is 42.5 Å². The molecule has 0 saturated carbocycles. The van der Waals surface area contributed by atoms with Crippen LogP contribution in [0.1, 0.15) is 33.6 Å². The fraction of sp³-hybridized carbons (Fsp3) is 0.261. The van der Waals surface area contributed by atoms with Gasteiger partial charge < -0.3 is 14.8 Å². The summed E-state index contributed by atoms with van der Waals surface area (Å²) in [5.74, 6) is 0.580. The monoisotopic (exact) mass is 424 g/mol. The number of aryl methyl sites for hydroxylation is 2. The SMILES string of the molecule is COc1ccc(OC)c(C(=O)CCC(=O)Nc2nc(-c3ccc(C)cc3)c(C)s2)c1. The lowest BCUT2D eigenvalue weighted by atomic mass is 10.0. The molecular weight excluding hydrogens is 400 g/mol. The zero-order valence-corrected chi connectivity index (χ0v) is 18.3. The fourth-order valence-electron chi connectivity index (χ4n) is 3.00. The lowest BCUT2D eigenvalue weighted by molar-refractivity contribution is -0.116. The second-order valence-electron chi connectivity index (χ2n) is 6.83. The van der Waals surface area contributed by atoms with Crippen molar-refractivity contribution in [3.05, 3.63) is 58.5 Å². The van der Waals surface area contributed by atoms with Crippen molar-refractivity contribution in [3.63, 3.8) is 0 Å². The number of benzene rings is 2. The van der Waals surface area contributed by atoms with E-state index in [0.29, 0.717) is 22.2 Å². The fourth-order valence-corrected chi connectivity index (χ4v) is 3.86. The quantitative estimate of drug-likeness (QED) is 0.512. The van der Waals surface area contributed by atoms with E-state index in [1.165, 1.54) is 31.1 Å². The van der Waals surface area contributed by atoms with Gasteiger partial charge in [-0.25, -0.2) is 4.98 Å². The van der Waals surface area contributed by atoms with Gasteiger partial charge in [-0.1, -0.05) is 29.8 Å². The summed E-state index contributed by atoms with van der Waals surface area (Å²) in [7, 11) is 3.03.